The number of amidine groups is 1. The van der Waals surface area contributed by atoms with Crippen molar-refractivity contribution in [1.29, 1.82) is 0 Å². The Morgan fingerprint density at radius 3 is 2.36 bits per heavy atom. The molecule has 0 saturated carbocycles. The molecule has 0 radical (unpaired) electrons. The number of hydrogen-bond donors (Lipinski definition) is 2. The number of pyridine rings is 1. The molecule has 0 aliphatic carbocycles. The first kappa shape index (κ1) is 25.8. The largest absolute Gasteiger partial charge is 0.457 e. The highest BCUT2D eigenvalue weighted by molar-refractivity contribution is 7.91. The van der Waals surface area contributed by atoms with Crippen LogP contribution in [-0.4, -0.2) is 41.5 Å². The van der Waals surface area contributed by atoms with E-state index in [1.165, 1.54) is 6.07 Å². The number of hydrogen-bond acceptors (Lipinski definition) is 6. The van der Waals surface area contributed by atoms with Gasteiger partial charge in [0.2, 0.25) is 10.0 Å². The molecule has 7 nitrogen and oxygen atoms in total. The first-order valence-corrected chi connectivity index (χ1v) is 13.2. The van der Waals surface area contributed by atoms with Gasteiger partial charge in [-0.05, 0) is 57.4 Å². The van der Waals surface area contributed by atoms with Crippen LogP contribution in [0.3, 0.4) is 0 Å². The fraction of sp³-hybridized carbons (Fsp3) is 0.333. The van der Waals surface area contributed by atoms with Crippen LogP contribution in [0.15, 0.2) is 77.9 Å². The van der Waals surface area contributed by atoms with Crippen molar-refractivity contribution in [3.05, 3.63) is 89.9 Å². The van der Waals surface area contributed by atoms with E-state index in [9.17, 15) is 17.9 Å². The van der Waals surface area contributed by atoms with Crippen molar-refractivity contribution >= 4 is 16.0 Å². The standard InChI is InChI=1S/C27H30FN3O4S/c1-26(2)27(3,18-19-11-13-20(14-12-19)23-10-6-7-16-29-23)36(33,34)31-25(35-26)30-24(15-17-32)21-8-4-5-9-22(21)28/h4-14,16,24,32H,15,17-18H2,1-3H3,(H,30,31)/t24-,27?/m0/s1. The molecule has 1 fully saturated rings. The SMILES string of the molecule is CC1(C)OC(=N[C@@H](CCO)c2ccccc2F)NS(=O)(=O)C1(C)Cc1ccc(-c2ccccn2)cc1. The van der Waals surface area contributed by atoms with Gasteiger partial charge in [-0.25, -0.2) is 22.5 Å². The van der Waals surface area contributed by atoms with Crippen LogP contribution in [0, 0.1) is 5.82 Å². The maximum atomic E-state index is 14.4. The molecule has 2 N–H and O–H groups in total. The zero-order valence-electron chi connectivity index (χ0n) is 20.5. The zero-order chi connectivity index (χ0) is 26.0. The maximum absolute atomic E-state index is 14.4. The van der Waals surface area contributed by atoms with Gasteiger partial charge in [0.05, 0.1) is 11.7 Å². The number of rotatable bonds is 7. The smallest absolute Gasteiger partial charge is 0.299 e. The summed E-state index contributed by atoms with van der Waals surface area (Å²) in [4.78, 5) is 8.71. The summed E-state index contributed by atoms with van der Waals surface area (Å²) in [5.41, 5.74) is 1.67. The van der Waals surface area contributed by atoms with Gasteiger partial charge in [0.25, 0.3) is 6.02 Å². The van der Waals surface area contributed by atoms with E-state index in [0.717, 1.165) is 16.8 Å². The number of benzene rings is 2. The van der Waals surface area contributed by atoms with Gasteiger partial charge >= 0.3 is 0 Å². The molecule has 1 saturated heterocycles. The Bertz CT molecular complexity index is 1340. The first-order chi connectivity index (χ1) is 17.1. The lowest BCUT2D eigenvalue weighted by Crippen LogP contribution is -2.66. The summed E-state index contributed by atoms with van der Waals surface area (Å²) in [5, 5.41) is 9.49. The molecule has 9 heteroatoms. The van der Waals surface area contributed by atoms with Crippen molar-refractivity contribution in [2.45, 2.75) is 50.0 Å². The Morgan fingerprint density at radius 2 is 1.75 bits per heavy atom. The molecule has 3 aromatic rings. The van der Waals surface area contributed by atoms with Gasteiger partial charge in [0.1, 0.15) is 16.2 Å². The number of aliphatic hydroxyl groups excluding tert-OH is 1. The maximum Gasteiger partial charge on any atom is 0.299 e. The number of nitrogens with zero attached hydrogens (tertiary/aromatic N) is 2. The van der Waals surface area contributed by atoms with E-state index in [-0.39, 0.29) is 31.0 Å². The van der Waals surface area contributed by atoms with Crippen molar-refractivity contribution in [2.75, 3.05) is 6.61 Å². The summed E-state index contributed by atoms with van der Waals surface area (Å²) in [6.07, 6.45) is 2.02. The topological polar surface area (TPSA) is 101 Å². The van der Waals surface area contributed by atoms with E-state index >= 15 is 0 Å². The molecular formula is C27H30FN3O4S. The highest BCUT2D eigenvalue weighted by Gasteiger charge is 2.57. The van der Waals surface area contributed by atoms with Crippen molar-refractivity contribution in [2.24, 2.45) is 4.99 Å². The van der Waals surface area contributed by atoms with Gasteiger partial charge in [0.15, 0.2) is 0 Å². The van der Waals surface area contributed by atoms with Gasteiger partial charge in [-0.1, -0.05) is 48.5 Å². The summed E-state index contributed by atoms with van der Waals surface area (Å²) < 4.78 is 48.7. The molecular weight excluding hydrogens is 481 g/mol. The minimum Gasteiger partial charge on any atom is -0.457 e. The van der Waals surface area contributed by atoms with Gasteiger partial charge in [0, 0.05) is 23.9 Å². The highest BCUT2D eigenvalue weighted by Crippen LogP contribution is 2.40. The van der Waals surface area contributed by atoms with E-state index < -0.39 is 32.2 Å². The molecule has 0 amide bonds. The fourth-order valence-corrected chi connectivity index (χ4v) is 5.89. The number of aromatic nitrogens is 1. The van der Waals surface area contributed by atoms with Crippen LogP contribution in [0.2, 0.25) is 0 Å². The Morgan fingerprint density at radius 1 is 1.06 bits per heavy atom. The third-order valence-electron chi connectivity index (χ3n) is 6.84. The third kappa shape index (κ3) is 4.99. The second-order valence-corrected chi connectivity index (χ2v) is 11.6. The van der Waals surface area contributed by atoms with Crippen LogP contribution in [0.5, 0.6) is 0 Å². The normalized spacial score (nSPS) is 22.4. The molecule has 36 heavy (non-hydrogen) atoms. The van der Waals surface area contributed by atoms with Crippen molar-refractivity contribution in [1.82, 2.24) is 9.71 Å². The summed E-state index contributed by atoms with van der Waals surface area (Å²) in [6.45, 7) is 4.79. The minimum absolute atomic E-state index is 0.107. The van der Waals surface area contributed by atoms with Crippen molar-refractivity contribution < 1.29 is 22.7 Å². The molecule has 4 rings (SSSR count). The van der Waals surface area contributed by atoms with E-state index in [4.69, 9.17) is 4.74 Å². The second-order valence-electron chi connectivity index (χ2n) is 9.52. The highest BCUT2D eigenvalue weighted by atomic mass is 32.2. The summed E-state index contributed by atoms with van der Waals surface area (Å²) >= 11 is 0. The number of nitrogens with one attached hydrogen (secondary N) is 1. The molecule has 2 atom stereocenters. The molecule has 0 bridgehead atoms. The van der Waals surface area contributed by atoms with Crippen LogP contribution >= 0.6 is 0 Å². The predicted octanol–water partition coefficient (Wildman–Crippen LogP) is 4.40. The summed E-state index contributed by atoms with van der Waals surface area (Å²) in [6, 6.07) is 18.3. The Balaban J connectivity index is 1.61. The quantitative estimate of drug-likeness (QED) is 0.490. The number of ether oxygens (including phenoxy) is 1. The minimum atomic E-state index is -3.97. The van der Waals surface area contributed by atoms with Crippen molar-refractivity contribution in [3.8, 4) is 11.3 Å². The molecule has 1 aliphatic heterocycles. The predicted molar refractivity (Wildman–Crippen MR) is 137 cm³/mol. The molecule has 190 valence electrons. The molecule has 1 unspecified atom stereocenters. The van der Waals surface area contributed by atoms with Gasteiger partial charge in [-0.3, -0.25) is 4.98 Å². The number of aliphatic hydroxyl groups is 1. The third-order valence-corrected chi connectivity index (χ3v) is 9.10. The lowest BCUT2D eigenvalue weighted by molar-refractivity contribution is 0.0394. The molecule has 1 aliphatic rings. The molecule has 1 aromatic heterocycles. The van der Waals surface area contributed by atoms with Gasteiger partial charge in [-0.15, -0.1) is 0 Å². The summed E-state index contributed by atoms with van der Waals surface area (Å²) in [7, 11) is -3.97. The van der Waals surface area contributed by atoms with E-state index in [1.807, 2.05) is 42.5 Å². The van der Waals surface area contributed by atoms with E-state index in [1.54, 1.807) is 45.2 Å². The number of aliphatic imine (C=N–C) groups is 1. The second kappa shape index (κ2) is 9.99. The first-order valence-electron chi connectivity index (χ1n) is 11.7. The number of sulfonamides is 1. The lowest BCUT2D eigenvalue weighted by Gasteiger charge is -2.47. The van der Waals surface area contributed by atoms with Crippen molar-refractivity contribution in [3.63, 3.8) is 0 Å². The Labute approximate surface area is 211 Å². The number of halogens is 1. The monoisotopic (exact) mass is 511 g/mol. The van der Waals surface area contributed by atoms with Crippen LogP contribution in [0.4, 0.5) is 4.39 Å². The summed E-state index contributed by atoms with van der Waals surface area (Å²) in [5.74, 6) is -0.489. The van der Waals surface area contributed by atoms with Crippen LogP contribution in [0.25, 0.3) is 11.3 Å². The molecule has 2 aromatic carbocycles. The van der Waals surface area contributed by atoms with Crippen LogP contribution < -0.4 is 4.72 Å². The van der Waals surface area contributed by atoms with E-state index in [2.05, 4.69) is 14.7 Å². The van der Waals surface area contributed by atoms with Crippen LogP contribution in [-0.2, 0) is 21.2 Å². The van der Waals surface area contributed by atoms with Gasteiger partial charge in [-0.2, -0.15) is 0 Å². The van der Waals surface area contributed by atoms with E-state index in [0.29, 0.717) is 0 Å². The average Bonchev–Trinajstić information content (AvgIpc) is 2.83. The Kier molecular flexibility index (Phi) is 7.15. The Hall–Kier alpha value is -3.30. The van der Waals surface area contributed by atoms with Crippen LogP contribution in [0.1, 0.15) is 44.4 Å². The molecule has 2 heterocycles. The molecule has 0 spiro atoms. The van der Waals surface area contributed by atoms with Gasteiger partial charge < -0.3 is 9.84 Å². The zero-order valence-corrected chi connectivity index (χ0v) is 21.3. The average molecular weight is 512 g/mol. The lowest BCUT2D eigenvalue weighted by atomic mass is 9.85. The fourth-order valence-electron chi connectivity index (χ4n) is 4.30.